The molecular formula is C7H16O4. The topological polar surface area (TPSA) is 58.9 Å². The van der Waals surface area contributed by atoms with Gasteiger partial charge in [0.2, 0.25) is 0 Å². The van der Waals surface area contributed by atoms with Crippen molar-refractivity contribution in [2.24, 2.45) is 0 Å². The largest absolute Gasteiger partial charge is 0.400 e. The molecule has 68 valence electrons. The van der Waals surface area contributed by atoms with Gasteiger partial charge in [0, 0.05) is 7.11 Å². The summed E-state index contributed by atoms with van der Waals surface area (Å²) in [5, 5.41) is 15.6. The zero-order chi connectivity index (χ0) is 8.91. The number of hydrogen-bond acceptors (Lipinski definition) is 4. The van der Waals surface area contributed by atoms with Crippen LogP contribution in [0, 0.1) is 0 Å². The summed E-state index contributed by atoms with van der Waals surface area (Å²) >= 11 is 0. The molecule has 1 heterocycles. The molecule has 1 saturated heterocycles. The standard InChI is InChI=1S/C6H12O3.CH4O/c1-6(2)8-4-5(3-7)9-6;1-2/h5,7H,3-4H2,1-2H3;2H,1H3. The van der Waals surface area contributed by atoms with Crippen molar-refractivity contribution >= 4 is 0 Å². The summed E-state index contributed by atoms with van der Waals surface area (Å²) in [4.78, 5) is 0. The lowest BCUT2D eigenvalue weighted by Gasteiger charge is -2.15. The maximum absolute atomic E-state index is 8.59. The molecule has 0 amide bonds. The molecule has 1 aliphatic heterocycles. The van der Waals surface area contributed by atoms with E-state index in [0.29, 0.717) is 6.61 Å². The van der Waals surface area contributed by atoms with E-state index in [0.717, 1.165) is 7.11 Å². The van der Waals surface area contributed by atoms with Gasteiger partial charge in [0.05, 0.1) is 13.2 Å². The van der Waals surface area contributed by atoms with Crippen LogP contribution in [0.25, 0.3) is 0 Å². The molecule has 2 N–H and O–H groups in total. The number of ether oxygens (including phenoxy) is 2. The van der Waals surface area contributed by atoms with Crippen LogP contribution in [0.5, 0.6) is 0 Å². The minimum atomic E-state index is -0.493. The van der Waals surface area contributed by atoms with E-state index in [4.69, 9.17) is 19.7 Å². The SMILES string of the molecule is CC1(C)OCC(CO)O1.CO. The third-order valence-corrected chi connectivity index (χ3v) is 1.27. The maximum Gasteiger partial charge on any atom is 0.163 e. The predicted molar refractivity (Wildman–Crippen MR) is 40.1 cm³/mol. The van der Waals surface area contributed by atoms with Crippen LogP contribution in [0.1, 0.15) is 13.8 Å². The van der Waals surface area contributed by atoms with Crippen LogP contribution in [0.2, 0.25) is 0 Å². The molecule has 1 atom stereocenters. The second kappa shape index (κ2) is 4.66. The number of aliphatic hydroxyl groups excluding tert-OH is 2. The normalized spacial score (nSPS) is 27.5. The molecule has 0 aliphatic carbocycles. The van der Waals surface area contributed by atoms with Crippen LogP contribution >= 0.6 is 0 Å². The summed E-state index contributed by atoms with van der Waals surface area (Å²) in [6.07, 6.45) is -0.125. The van der Waals surface area contributed by atoms with E-state index < -0.39 is 5.79 Å². The molecule has 0 aromatic carbocycles. The molecule has 1 aliphatic rings. The van der Waals surface area contributed by atoms with E-state index in [9.17, 15) is 0 Å². The van der Waals surface area contributed by atoms with Crippen molar-refractivity contribution in [3.63, 3.8) is 0 Å². The summed E-state index contributed by atoms with van der Waals surface area (Å²) < 4.78 is 10.4. The maximum atomic E-state index is 8.59. The molecular weight excluding hydrogens is 148 g/mol. The summed E-state index contributed by atoms with van der Waals surface area (Å²) in [5.74, 6) is -0.493. The number of aliphatic hydroxyl groups is 2. The van der Waals surface area contributed by atoms with Gasteiger partial charge in [-0.3, -0.25) is 0 Å². The van der Waals surface area contributed by atoms with Crippen molar-refractivity contribution in [1.29, 1.82) is 0 Å². The summed E-state index contributed by atoms with van der Waals surface area (Å²) in [6, 6.07) is 0. The lowest BCUT2D eigenvalue weighted by Crippen LogP contribution is -2.22. The van der Waals surface area contributed by atoms with Gasteiger partial charge in [0.25, 0.3) is 0 Å². The van der Waals surface area contributed by atoms with E-state index in [-0.39, 0.29) is 12.7 Å². The van der Waals surface area contributed by atoms with E-state index in [1.165, 1.54) is 0 Å². The highest BCUT2D eigenvalue weighted by Gasteiger charge is 2.31. The monoisotopic (exact) mass is 164 g/mol. The van der Waals surface area contributed by atoms with Crippen LogP contribution in [-0.2, 0) is 9.47 Å². The van der Waals surface area contributed by atoms with E-state index in [1.54, 1.807) is 0 Å². The first kappa shape index (κ1) is 10.8. The smallest absolute Gasteiger partial charge is 0.163 e. The van der Waals surface area contributed by atoms with Gasteiger partial charge in [-0.25, -0.2) is 0 Å². The van der Waals surface area contributed by atoms with Gasteiger partial charge in [-0.2, -0.15) is 0 Å². The number of hydrogen-bond donors (Lipinski definition) is 2. The van der Waals surface area contributed by atoms with Gasteiger partial charge in [0.1, 0.15) is 6.10 Å². The zero-order valence-electron chi connectivity index (χ0n) is 7.20. The quantitative estimate of drug-likeness (QED) is 0.560. The van der Waals surface area contributed by atoms with Crippen molar-refractivity contribution in [1.82, 2.24) is 0 Å². The highest BCUT2D eigenvalue weighted by atomic mass is 16.7. The van der Waals surface area contributed by atoms with Gasteiger partial charge in [-0.1, -0.05) is 0 Å². The van der Waals surface area contributed by atoms with Crippen LogP contribution in [0.15, 0.2) is 0 Å². The fourth-order valence-electron chi connectivity index (χ4n) is 0.853. The first-order valence-electron chi connectivity index (χ1n) is 3.51. The van der Waals surface area contributed by atoms with Gasteiger partial charge in [-0.15, -0.1) is 0 Å². The third-order valence-electron chi connectivity index (χ3n) is 1.27. The minimum absolute atomic E-state index is 0.0451. The molecule has 0 bridgehead atoms. The van der Waals surface area contributed by atoms with E-state index >= 15 is 0 Å². The Balaban J connectivity index is 0.000000461. The Morgan fingerprint density at radius 3 is 2.18 bits per heavy atom. The second-order valence-corrected chi connectivity index (χ2v) is 2.63. The predicted octanol–water partition coefficient (Wildman–Crippen LogP) is -0.261. The fourth-order valence-corrected chi connectivity index (χ4v) is 0.853. The molecule has 1 unspecified atom stereocenters. The zero-order valence-corrected chi connectivity index (χ0v) is 7.20. The fraction of sp³-hybridized carbons (Fsp3) is 1.00. The Labute approximate surface area is 66.7 Å². The Hall–Kier alpha value is -0.160. The van der Waals surface area contributed by atoms with Crippen molar-refractivity contribution in [3.05, 3.63) is 0 Å². The molecule has 0 spiro atoms. The van der Waals surface area contributed by atoms with Crippen LogP contribution in [0.4, 0.5) is 0 Å². The molecule has 1 fully saturated rings. The highest BCUT2D eigenvalue weighted by molar-refractivity contribution is 4.69. The van der Waals surface area contributed by atoms with Gasteiger partial charge in [0.15, 0.2) is 5.79 Å². The third kappa shape index (κ3) is 3.67. The Bertz CT molecular complexity index is 103. The van der Waals surface area contributed by atoms with Crippen LogP contribution < -0.4 is 0 Å². The molecule has 0 saturated carbocycles. The van der Waals surface area contributed by atoms with Crippen molar-refractivity contribution in [2.45, 2.75) is 25.7 Å². The van der Waals surface area contributed by atoms with Crippen LogP contribution in [-0.4, -0.2) is 42.4 Å². The average Bonchev–Trinajstić information content (AvgIpc) is 2.34. The molecule has 0 aromatic heterocycles. The molecule has 4 nitrogen and oxygen atoms in total. The molecule has 0 radical (unpaired) electrons. The molecule has 1 rings (SSSR count). The van der Waals surface area contributed by atoms with Crippen molar-refractivity contribution in [3.8, 4) is 0 Å². The van der Waals surface area contributed by atoms with Crippen LogP contribution in [0.3, 0.4) is 0 Å². The van der Waals surface area contributed by atoms with Gasteiger partial charge in [-0.05, 0) is 13.8 Å². The van der Waals surface area contributed by atoms with E-state index in [2.05, 4.69) is 0 Å². The summed E-state index contributed by atoms with van der Waals surface area (Å²) in [5.41, 5.74) is 0. The Morgan fingerprint density at radius 1 is 1.45 bits per heavy atom. The lowest BCUT2D eigenvalue weighted by atomic mass is 10.4. The summed E-state index contributed by atoms with van der Waals surface area (Å²) in [7, 11) is 1.00. The first-order valence-corrected chi connectivity index (χ1v) is 3.51. The highest BCUT2D eigenvalue weighted by Crippen LogP contribution is 2.21. The first-order chi connectivity index (χ1) is 5.14. The average molecular weight is 164 g/mol. The Morgan fingerprint density at radius 2 is 2.00 bits per heavy atom. The molecule has 0 aromatic rings. The number of rotatable bonds is 1. The molecule has 11 heavy (non-hydrogen) atoms. The van der Waals surface area contributed by atoms with E-state index in [1.807, 2.05) is 13.8 Å². The second-order valence-electron chi connectivity index (χ2n) is 2.63. The molecule has 4 heteroatoms. The van der Waals surface area contributed by atoms with Crippen molar-refractivity contribution in [2.75, 3.05) is 20.3 Å². The van der Waals surface area contributed by atoms with Gasteiger partial charge >= 0.3 is 0 Å². The lowest BCUT2D eigenvalue weighted by molar-refractivity contribution is -0.142. The Kier molecular flexibility index (Phi) is 4.60. The minimum Gasteiger partial charge on any atom is -0.400 e. The van der Waals surface area contributed by atoms with Gasteiger partial charge < -0.3 is 19.7 Å². The van der Waals surface area contributed by atoms with Crippen molar-refractivity contribution < 1.29 is 19.7 Å². The summed E-state index contributed by atoms with van der Waals surface area (Å²) in [6.45, 7) is 4.22.